The lowest BCUT2D eigenvalue weighted by atomic mass is 10.7. The van der Waals surface area contributed by atoms with Crippen molar-refractivity contribution < 1.29 is 0 Å². The predicted octanol–water partition coefficient (Wildman–Crippen LogP) is 0.137. The van der Waals surface area contributed by atoms with E-state index in [1.54, 1.807) is 6.92 Å². The van der Waals surface area contributed by atoms with Gasteiger partial charge in [-0.1, -0.05) is 6.58 Å². The lowest BCUT2D eigenvalue weighted by Crippen LogP contribution is -2.10. The van der Waals surface area contributed by atoms with Crippen LogP contribution >= 0.6 is 0 Å². The van der Waals surface area contributed by atoms with Gasteiger partial charge in [0.2, 0.25) is 23.7 Å². The van der Waals surface area contributed by atoms with E-state index in [2.05, 4.69) is 52.4 Å². The number of azo groups is 1. The summed E-state index contributed by atoms with van der Waals surface area (Å²) in [6.07, 6.45) is 0. The number of aliphatic imine (C=N–C) groups is 1. The van der Waals surface area contributed by atoms with Gasteiger partial charge in [-0.05, 0) is 6.92 Å². The SMILES string of the molecule is C=C(N=NC(=NC)Nc1n[nH]c(C#N)n1)n1nc(C)nc1N. The molecule has 0 atom stereocenters. The van der Waals surface area contributed by atoms with Crippen LogP contribution in [0.25, 0.3) is 5.82 Å². The summed E-state index contributed by atoms with van der Waals surface area (Å²) in [4.78, 5) is 11.6. The summed E-state index contributed by atoms with van der Waals surface area (Å²) in [7, 11) is 1.50. The second-order valence-electron chi connectivity index (χ2n) is 3.84. The zero-order chi connectivity index (χ0) is 16.1. The number of nitrogens with two attached hydrogens (primary N) is 1. The molecule has 0 fully saturated rings. The van der Waals surface area contributed by atoms with Gasteiger partial charge in [-0.3, -0.25) is 10.3 Å². The summed E-state index contributed by atoms with van der Waals surface area (Å²) in [6.45, 7) is 5.37. The number of hydrogen-bond acceptors (Lipinski definition) is 8. The third-order valence-corrected chi connectivity index (χ3v) is 2.27. The number of guanidine groups is 1. The molecule has 0 aliphatic carbocycles. The zero-order valence-electron chi connectivity index (χ0n) is 11.8. The van der Waals surface area contributed by atoms with Crippen LogP contribution in [0.3, 0.4) is 0 Å². The maximum Gasteiger partial charge on any atom is 0.249 e. The number of hydrogen-bond donors (Lipinski definition) is 3. The Kier molecular flexibility index (Phi) is 4.18. The Bertz CT molecular complexity index is 785. The fourth-order valence-corrected chi connectivity index (χ4v) is 1.36. The summed E-state index contributed by atoms with van der Waals surface area (Å²) in [5.74, 6) is 1.11. The number of aromatic amines is 1. The van der Waals surface area contributed by atoms with Crippen LogP contribution in [-0.4, -0.2) is 43.0 Å². The van der Waals surface area contributed by atoms with E-state index in [-0.39, 0.29) is 29.5 Å². The van der Waals surface area contributed by atoms with Gasteiger partial charge in [0.05, 0.1) is 0 Å². The predicted molar refractivity (Wildman–Crippen MR) is 77.4 cm³/mol. The van der Waals surface area contributed by atoms with Crippen molar-refractivity contribution in [3.05, 3.63) is 18.2 Å². The van der Waals surface area contributed by atoms with Gasteiger partial charge in [0.1, 0.15) is 11.9 Å². The topological polar surface area (TPSA) is 171 Å². The molecule has 0 spiro atoms. The first-order valence-corrected chi connectivity index (χ1v) is 5.90. The fraction of sp³-hybridized carbons (Fsp3) is 0.200. The minimum absolute atomic E-state index is 0.0603. The molecule has 2 heterocycles. The van der Waals surface area contributed by atoms with Gasteiger partial charge in [-0.2, -0.15) is 19.9 Å². The van der Waals surface area contributed by atoms with Crippen molar-refractivity contribution >= 4 is 23.7 Å². The molecule has 4 N–H and O–H groups in total. The molecule has 0 bridgehead atoms. The molecule has 0 saturated carbocycles. The van der Waals surface area contributed by atoms with Gasteiger partial charge in [-0.15, -0.1) is 20.4 Å². The smallest absolute Gasteiger partial charge is 0.249 e. The Morgan fingerprint density at radius 1 is 1.45 bits per heavy atom. The highest BCUT2D eigenvalue weighted by atomic mass is 15.4. The Labute approximate surface area is 124 Å². The number of aromatic nitrogens is 6. The number of rotatable bonds is 3. The number of H-pyrrole nitrogens is 1. The molecule has 0 unspecified atom stereocenters. The number of anilines is 2. The Hall–Kier alpha value is -3.62. The minimum atomic E-state index is 0.0603. The molecule has 2 aromatic heterocycles. The van der Waals surface area contributed by atoms with Crippen LogP contribution in [0.4, 0.5) is 11.9 Å². The third kappa shape index (κ3) is 3.28. The molecule has 112 valence electrons. The summed E-state index contributed by atoms with van der Waals surface area (Å²) >= 11 is 0. The van der Waals surface area contributed by atoms with Gasteiger partial charge in [-0.25, -0.2) is 5.10 Å². The van der Waals surface area contributed by atoms with E-state index in [0.29, 0.717) is 5.82 Å². The molecule has 2 aromatic rings. The minimum Gasteiger partial charge on any atom is -0.368 e. The number of nitriles is 1. The molecule has 0 saturated heterocycles. The molecular formula is C10H12N12. The number of nitrogens with zero attached hydrogens (tertiary/aromatic N) is 9. The lowest BCUT2D eigenvalue weighted by molar-refractivity contribution is 0.869. The molecule has 12 heteroatoms. The van der Waals surface area contributed by atoms with Crippen LogP contribution in [0.5, 0.6) is 0 Å². The van der Waals surface area contributed by atoms with Crippen LogP contribution in [0.1, 0.15) is 11.6 Å². The van der Waals surface area contributed by atoms with Crippen LogP contribution in [0.2, 0.25) is 0 Å². The molecule has 2 rings (SSSR count). The zero-order valence-corrected chi connectivity index (χ0v) is 11.8. The lowest BCUT2D eigenvalue weighted by Gasteiger charge is -2.00. The molecular weight excluding hydrogens is 288 g/mol. The molecule has 0 amide bonds. The first kappa shape index (κ1) is 14.8. The molecule has 0 aliphatic heterocycles. The second-order valence-corrected chi connectivity index (χ2v) is 3.84. The average molecular weight is 300 g/mol. The van der Waals surface area contributed by atoms with Crippen molar-refractivity contribution in [1.29, 1.82) is 5.26 Å². The Morgan fingerprint density at radius 2 is 2.23 bits per heavy atom. The van der Waals surface area contributed by atoms with Crippen molar-refractivity contribution in [3.8, 4) is 6.07 Å². The van der Waals surface area contributed by atoms with Crippen molar-refractivity contribution in [2.24, 2.45) is 15.2 Å². The van der Waals surface area contributed by atoms with Gasteiger partial charge < -0.3 is 5.73 Å². The monoisotopic (exact) mass is 300 g/mol. The first-order valence-electron chi connectivity index (χ1n) is 5.90. The van der Waals surface area contributed by atoms with E-state index in [4.69, 9.17) is 11.0 Å². The van der Waals surface area contributed by atoms with Crippen LogP contribution in [0.15, 0.2) is 21.8 Å². The highest BCUT2D eigenvalue weighted by Gasteiger charge is 2.08. The van der Waals surface area contributed by atoms with E-state index in [9.17, 15) is 0 Å². The van der Waals surface area contributed by atoms with Gasteiger partial charge in [0.25, 0.3) is 0 Å². The van der Waals surface area contributed by atoms with E-state index >= 15 is 0 Å². The highest BCUT2D eigenvalue weighted by molar-refractivity contribution is 5.92. The van der Waals surface area contributed by atoms with Gasteiger partial charge in [0, 0.05) is 7.05 Å². The fourth-order valence-electron chi connectivity index (χ4n) is 1.36. The number of nitrogens with one attached hydrogen (secondary N) is 2. The molecule has 0 aliphatic rings. The van der Waals surface area contributed by atoms with Crippen LogP contribution in [0, 0.1) is 18.3 Å². The quantitative estimate of drug-likeness (QED) is 0.410. The van der Waals surface area contributed by atoms with Crippen LogP contribution in [-0.2, 0) is 0 Å². The van der Waals surface area contributed by atoms with E-state index in [0.717, 1.165) is 0 Å². The van der Waals surface area contributed by atoms with Crippen molar-refractivity contribution in [2.75, 3.05) is 18.1 Å². The maximum absolute atomic E-state index is 8.65. The maximum atomic E-state index is 8.65. The third-order valence-electron chi connectivity index (χ3n) is 2.27. The molecule has 0 radical (unpaired) electrons. The van der Waals surface area contributed by atoms with Crippen LogP contribution < -0.4 is 11.1 Å². The number of aryl methyl sites for hydroxylation is 1. The van der Waals surface area contributed by atoms with E-state index in [1.165, 1.54) is 11.7 Å². The summed E-state index contributed by atoms with van der Waals surface area (Å²) in [5.41, 5.74) is 5.65. The van der Waals surface area contributed by atoms with Crippen molar-refractivity contribution in [2.45, 2.75) is 6.92 Å². The molecule has 0 aromatic carbocycles. The number of nitrogen functional groups attached to an aromatic ring is 1. The first-order chi connectivity index (χ1) is 10.5. The average Bonchev–Trinajstić information content (AvgIpc) is 3.09. The molecule has 12 nitrogen and oxygen atoms in total. The largest absolute Gasteiger partial charge is 0.368 e. The second kappa shape index (κ2) is 6.22. The normalized spacial score (nSPS) is 11.6. The van der Waals surface area contributed by atoms with E-state index in [1.807, 2.05) is 6.07 Å². The van der Waals surface area contributed by atoms with Gasteiger partial charge in [0.15, 0.2) is 5.82 Å². The summed E-state index contributed by atoms with van der Waals surface area (Å²) in [6, 6.07) is 1.81. The summed E-state index contributed by atoms with van der Waals surface area (Å²) < 4.78 is 1.24. The molecule has 22 heavy (non-hydrogen) atoms. The van der Waals surface area contributed by atoms with Crippen molar-refractivity contribution in [3.63, 3.8) is 0 Å². The van der Waals surface area contributed by atoms with Crippen molar-refractivity contribution in [1.82, 2.24) is 29.9 Å². The van der Waals surface area contributed by atoms with E-state index < -0.39 is 0 Å². The Morgan fingerprint density at radius 3 is 2.77 bits per heavy atom. The summed E-state index contributed by atoms with van der Waals surface area (Å²) in [5, 5.41) is 29.2. The van der Waals surface area contributed by atoms with Gasteiger partial charge >= 0.3 is 0 Å². The standard InChI is InChI=1S/C10H12N12/c1-5-14-8(12)22(21-5)6(2)17-19-9(13-3)16-10-15-7(4-11)18-20-10/h2H2,1,3H3,(H2,12,14,21)(H2,13,15,16,18,20). The Balaban J connectivity index is 2.08. The highest BCUT2D eigenvalue weighted by Crippen LogP contribution is 2.09.